The van der Waals surface area contributed by atoms with Crippen molar-refractivity contribution >= 4 is 19.8 Å². The molecule has 0 spiro atoms. The van der Waals surface area contributed by atoms with Gasteiger partial charge in [0.1, 0.15) is 6.61 Å². The summed E-state index contributed by atoms with van der Waals surface area (Å²) in [6.07, 6.45) is 39.2. The monoisotopic (exact) mass is 817 g/mol. The number of phosphoric ester groups is 1. The van der Waals surface area contributed by atoms with Gasteiger partial charge in [0.25, 0.3) is 0 Å². The summed E-state index contributed by atoms with van der Waals surface area (Å²) in [5.41, 5.74) is 0. The first kappa shape index (κ1) is 54.5. The molecule has 4 N–H and O–H groups in total. The van der Waals surface area contributed by atoms with Gasteiger partial charge in [0.15, 0.2) is 6.10 Å². The maximum atomic E-state index is 12.4. The van der Waals surface area contributed by atoms with Gasteiger partial charge in [-0.05, 0) is 64.2 Å². The molecular formula is C45H85O10P. The molecule has 56 heavy (non-hydrogen) atoms. The lowest BCUT2D eigenvalue weighted by atomic mass is 10.0. The number of carbonyl (C=O) groups is 2. The number of allylic oxidation sites excluding steroid dienone is 3. The standard InChI is InChI=1S/C45H85O10P/c1-3-5-7-9-11-12-13-14-15-16-17-18-19-20-21-22-23-24-25-29-33-37-44(48)53-39-41(40-54-56(50,51)52)55-45(49)38-34-30-26-28-32-36-43(47)42(46)35-31-27-10-8-6-4-2/h14-15,27,31,41-43,46-47H,3-13,16-26,28-30,32-40H2,1-2H3,(H2,50,51,52)/b15-14-,31-27-/t41-,42+,43+/m1/s1. The fourth-order valence-corrected chi connectivity index (χ4v) is 6.93. The van der Waals surface area contributed by atoms with Gasteiger partial charge in [-0.25, -0.2) is 4.57 Å². The van der Waals surface area contributed by atoms with Crippen molar-refractivity contribution in [3.05, 3.63) is 24.3 Å². The summed E-state index contributed by atoms with van der Waals surface area (Å²) in [5.74, 6) is -0.990. The van der Waals surface area contributed by atoms with E-state index >= 15 is 0 Å². The van der Waals surface area contributed by atoms with Crippen LogP contribution in [0, 0.1) is 0 Å². The number of aliphatic hydroxyl groups excluding tert-OH is 2. The van der Waals surface area contributed by atoms with Crippen LogP contribution in [0.15, 0.2) is 24.3 Å². The number of hydrogen-bond acceptors (Lipinski definition) is 8. The molecule has 330 valence electrons. The predicted octanol–water partition coefficient (Wildman–Crippen LogP) is 11.9. The molecule has 0 saturated heterocycles. The van der Waals surface area contributed by atoms with Crippen molar-refractivity contribution in [1.82, 2.24) is 0 Å². The van der Waals surface area contributed by atoms with Crippen LogP contribution in [0.3, 0.4) is 0 Å². The fourth-order valence-electron chi connectivity index (χ4n) is 6.57. The van der Waals surface area contributed by atoms with Crippen LogP contribution in [-0.4, -0.2) is 63.5 Å². The third kappa shape index (κ3) is 40.6. The summed E-state index contributed by atoms with van der Waals surface area (Å²) in [6.45, 7) is 3.51. The molecule has 0 rings (SSSR count). The van der Waals surface area contributed by atoms with Gasteiger partial charge in [-0.2, -0.15) is 0 Å². The lowest BCUT2D eigenvalue weighted by Crippen LogP contribution is -2.29. The number of unbranched alkanes of at least 4 members (excludes halogenated alkanes) is 24. The van der Waals surface area contributed by atoms with E-state index < -0.39 is 44.7 Å². The Hall–Kier alpha value is -1.55. The van der Waals surface area contributed by atoms with Crippen molar-refractivity contribution < 1.29 is 48.2 Å². The minimum atomic E-state index is -4.79. The first-order chi connectivity index (χ1) is 27.1. The molecule has 11 heteroatoms. The number of aliphatic hydroxyl groups is 2. The highest BCUT2D eigenvalue weighted by atomic mass is 31.2. The molecule has 3 atom stereocenters. The Bertz CT molecular complexity index is 997. The first-order valence-corrected chi connectivity index (χ1v) is 24.3. The highest BCUT2D eigenvalue weighted by Gasteiger charge is 2.23. The molecule has 0 amide bonds. The number of ether oxygens (including phenoxy) is 2. The zero-order valence-corrected chi connectivity index (χ0v) is 36.7. The molecule has 0 fully saturated rings. The third-order valence-electron chi connectivity index (χ3n) is 10.1. The minimum absolute atomic E-state index is 0.115. The summed E-state index contributed by atoms with van der Waals surface area (Å²) < 4.78 is 26.4. The molecule has 0 aromatic rings. The third-order valence-corrected chi connectivity index (χ3v) is 10.6. The molecule has 0 aliphatic heterocycles. The lowest BCUT2D eigenvalue weighted by molar-refractivity contribution is -0.161. The summed E-state index contributed by atoms with van der Waals surface area (Å²) in [6, 6.07) is 0. The van der Waals surface area contributed by atoms with Crippen LogP contribution in [0.1, 0.15) is 219 Å². The average Bonchev–Trinajstić information content (AvgIpc) is 3.16. The second-order valence-electron chi connectivity index (χ2n) is 15.7. The van der Waals surface area contributed by atoms with E-state index in [0.29, 0.717) is 25.7 Å². The topological polar surface area (TPSA) is 160 Å². The fraction of sp³-hybridized carbons (Fsp3) is 0.867. The van der Waals surface area contributed by atoms with Crippen LogP contribution in [0.25, 0.3) is 0 Å². The van der Waals surface area contributed by atoms with E-state index in [1.54, 1.807) is 0 Å². The summed E-state index contributed by atoms with van der Waals surface area (Å²) >= 11 is 0. The summed E-state index contributed by atoms with van der Waals surface area (Å²) in [5, 5.41) is 20.4. The van der Waals surface area contributed by atoms with Gasteiger partial charge in [-0.15, -0.1) is 0 Å². The molecule has 0 unspecified atom stereocenters. The van der Waals surface area contributed by atoms with Crippen molar-refractivity contribution in [3.8, 4) is 0 Å². The van der Waals surface area contributed by atoms with Gasteiger partial charge < -0.3 is 29.5 Å². The molecule has 0 aliphatic carbocycles. The van der Waals surface area contributed by atoms with E-state index in [9.17, 15) is 24.4 Å². The largest absolute Gasteiger partial charge is 0.469 e. The zero-order chi connectivity index (χ0) is 41.4. The van der Waals surface area contributed by atoms with Crippen LogP contribution in [0.4, 0.5) is 0 Å². The summed E-state index contributed by atoms with van der Waals surface area (Å²) in [7, 11) is -4.79. The molecule has 0 radical (unpaired) electrons. The first-order valence-electron chi connectivity index (χ1n) is 22.8. The van der Waals surface area contributed by atoms with Gasteiger partial charge >= 0.3 is 19.8 Å². The van der Waals surface area contributed by atoms with Crippen LogP contribution in [0.2, 0.25) is 0 Å². The normalized spacial score (nSPS) is 13.8. The number of carbonyl (C=O) groups excluding carboxylic acids is 2. The molecule has 0 aliphatic rings. The molecule has 0 saturated carbocycles. The number of esters is 2. The summed E-state index contributed by atoms with van der Waals surface area (Å²) in [4.78, 5) is 42.9. The number of phosphoric acid groups is 1. The Labute approximate surface area is 342 Å². The van der Waals surface area contributed by atoms with E-state index in [2.05, 4.69) is 36.6 Å². The smallest absolute Gasteiger partial charge is 0.462 e. The molecular weight excluding hydrogens is 731 g/mol. The van der Waals surface area contributed by atoms with Gasteiger partial charge in [-0.3, -0.25) is 14.1 Å². The van der Waals surface area contributed by atoms with Crippen molar-refractivity contribution in [2.24, 2.45) is 0 Å². The zero-order valence-electron chi connectivity index (χ0n) is 35.8. The van der Waals surface area contributed by atoms with E-state index in [4.69, 9.17) is 19.3 Å². The highest BCUT2D eigenvalue weighted by Crippen LogP contribution is 2.36. The number of hydrogen-bond donors (Lipinski definition) is 4. The average molecular weight is 817 g/mol. The maximum Gasteiger partial charge on any atom is 0.469 e. The maximum absolute atomic E-state index is 12.4. The van der Waals surface area contributed by atoms with Gasteiger partial charge in [-0.1, -0.05) is 167 Å². The number of rotatable bonds is 42. The molecule has 0 aromatic carbocycles. The highest BCUT2D eigenvalue weighted by molar-refractivity contribution is 7.46. The van der Waals surface area contributed by atoms with Crippen molar-refractivity contribution in [2.75, 3.05) is 13.2 Å². The van der Waals surface area contributed by atoms with Crippen molar-refractivity contribution in [2.45, 2.75) is 238 Å². The van der Waals surface area contributed by atoms with Crippen molar-refractivity contribution in [3.63, 3.8) is 0 Å². The minimum Gasteiger partial charge on any atom is -0.462 e. The van der Waals surface area contributed by atoms with E-state index in [1.165, 1.54) is 109 Å². The Morgan fingerprint density at radius 3 is 1.45 bits per heavy atom. The lowest BCUT2D eigenvalue weighted by Gasteiger charge is -2.18. The van der Waals surface area contributed by atoms with E-state index in [-0.39, 0.29) is 19.4 Å². The Morgan fingerprint density at radius 2 is 0.929 bits per heavy atom. The Morgan fingerprint density at radius 1 is 0.518 bits per heavy atom. The van der Waals surface area contributed by atoms with Crippen molar-refractivity contribution in [1.29, 1.82) is 0 Å². The Kier molecular flexibility index (Phi) is 39.1. The van der Waals surface area contributed by atoms with E-state index in [0.717, 1.165) is 57.8 Å². The van der Waals surface area contributed by atoms with Crippen LogP contribution < -0.4 is 0 Å². The van der Waals surface area contributed by atoms with E-state index in [1.807, 2.05) is 6.08 Å². The molecule has 0 heterocycles. The molecule has 10 nitrogen and oxygen atoms in total. The van der Waals surface area contributed by atoms with Crippen LogP contribution in [-0.2, 0) is 28.2 Å². The van der Waals surface area contributed by atoms with Gasteiger partial charge in [0.2, 0.25) is 0 Å². The quantitative estimate of drug-likeness (QED) is 0.0202. The van der Waals surface area contributed by atoms with Gasteiger partial charge in [0.05, 0.1) is 18.8 Å². The SMILES string of the molecule is CCCCC/C=C\C[C@H](O)[C@@H](O)CCCCCCCC(=O)O[C@H](COC(=O)CCCCCCCCCCCCC/C=C\CCCCCCCC)COP(=O)(O)O. The molecule has 0 bridgehead atoms. The second kappa shape index (κ2) is 40.2. The van der Waals surface area contributed by atoms with Gasteiger partial charge in [0, 0.05) is 12.8 Å². The predicted molar refractivity (Wildman–Crippen MR) is 228 cm³/mol. The Balaban J connectivity index is 3.95. The molecule has 0 aromatic heterocycles. The van der Waals surface area contributed by atoms with Crippen LogP contribution >= 0.6 is 7.82 Å². The second-order valence-corrected chi connectivity index (χ2v) is 16.9. The van der Waals surface area contributed by atoms with Crippen LogP contribution in [0.5, 0.6) is 0 Å².